The fraction of sp³-hybridized carbons (Fsp3) is 0.227. The van der Waals surface area contributed by atoms with Crippen LogP contribution in [0.5, 0.6) is 0 Å². The predicted octanol–water partition coefficient (Wildman–Crippen LogP) is 13.3. The molecule has 0 fully saturated rings. The summed E-state index contributed by atoms with van der Waals surface area (Å²) in [6, 6.07) is 43.5. The first-order chi connectivity index (χ1) is 21.6. The van der Waals surface area contributed by atoms with Crippen molar-refractivity contribution in [2.24, 2.45) is 0 Å². The molecule has 2 radical (unpaired) electrons. The quantitative estimate of drug-likeness (QED) is 0.123. The molecule has 0 nitrogen and oxygen atoms in total. The van der Waals surface area contributed by atoms with Crippen molar-refractivity contribution >= 4 is 29.7 Å². The molecule has 0 aliphatic carbocycles. The Morgan fingerprint density at radius 2 is 0.848 bits per heavy atom. The van der Waals surface area contributed by atoms with Gasteiger partial charge in [-0.3, -0.25) is 0 Å². The third kappa shape index (κ3) is 13.0. The summed E-state index contributed by atoms with van der Waals surface area (Å²) >= 11 is 2.12. The molecule has 0 heterocycles. The molecule has 0 bridgehead atoms. The molecule has 245 valence electrons. The second-order valence-electron chi connectivity index (χ2n) is 10.5. The van der Waals surface area contributed by atoms with Gasteiger partial charge in [0.1, 0.15) is 0 Å². The number of unbranched alkanes of at least 4 members (excludes halogenated alkanes) is 2. The fourth-order valence-electron chi connectivity index (χ4n) is 4.74. The number of fused-ring (bicyclic) bond motifs is 2. The molecule has 6 aromatic carbocycles. The molecule has 0 unspecified atom stereocenters. The van der Waals surface area contributed by atoms with Crippen molar-refractivity contribution in [3.8, 4) is 22.3 Å². The Balaban J connectivity index is 0.000000664. The Kier molecular flexibility index (Phi) is 23.4. The number of hydrogen-bond acceptors (Lipinski definition) is 0. The molecule has 0 spiro atoms. The molecule has 0 aliphatic rings. The summed E-state index contributed by atoms with van der Waals surface area (Å²) in [5.41, 5.74) is 8.11. The van der Waals surface area contributed by atoms with Gasteiger partial charge in [-0.05, 0) is 24.0 Å². The Morgan fingerprint density at radius 3 is 1.13 bits per heavy atom. The van der Waals surface area contributed by atoms with Crippen LogP contribution in [0.15, 0.2) is 121 Å². The third-order valence-corrected chi connectivity index (χ3v) is 7.31. The molecule has 0 aliphatic heterocycles. The van der Waals surface area contributed by atoms with Crippen LogP contribution in [0.25, 0.3) is 43.8 Å². The summed E-state index contributed by atoms with van der Waals surface area (Å²) in [7, 11) is 2.91. The van der Waals surface area contributed by atoms with E-state index in [1.54, 1.807) is 0 Å². The Bertz CT molecular complexity index is 1470. The zero-order valence-corrected chi connectivity index (χ0v) is 31.5. The normalized spacial score (nSPS) is 9.41. The summed E-state index contributed by atoms with van der Waals surface area (Å²) in [4.78, 5) is 0. The van der Waals surface area contributed by atoms with Crippen LogP contribution in [0.1, 0.15) is 64.5 Å². The molecule has 0 N–H and O–H groups in total. The van der Waals surface area contributed by atoms with Gasteiger partial charge in [-0.15, -0.1) is 69.1 Å². The van der Waals surface area contributed by atoms with Gasteiger partial charge in [-0.25, -0.2) is 0 Å². The first-order valence-corrected chi connectivity index (χ1v) is 18.4. The Morgan fingerprint density at radius 1 is 0.522 bits per heavy atom. The van der Waals surface area contributed by atoms with Crippen molar-refractivity contribution in [3.63, 3.8) is 0 Å². The van der Waals surface area contributed by atoms with Gasteiger partial charge in [0.25, 0.3) is 0 Å². The number of rotatable bonds is 6. The molecule has 2 heteroatoms. The van der Waals surface area contributed by atoms with Gasteiger partial charge in [0.2, 0.25) is 0 Å². The van der Waals surface area contributed by atoms with Crippen molar-refractivity contribution in [2.75, 3.05) is 0 Å². The van der Waals surface area contributed by atoms with Crippen LogP contribution in [0, 0.1) is 28.7 Å². The number of benzene rings is 4. The van der Waals surface area contributed by atoms with Gasteiger partial charge in [0, 0.05) is 0 Å². The van der Waals surface area contributed by atoms with E-state index in [4.69, 9.17) is 0 Å². The summed E-state index contributed by atoms with van der Waals surface area (Å²) < 4.78 is 0. The molecule has 6 aromatic rings. The van der Waals surface area contributed by atoms with E-state index >= 15 is 0 Å². The van der Waals surface area contributed by atoms with E-state index < -0.39 is 0 Å². The maximum absolute atomic E-state index is 3.60. The van der Waals surface area contributed by atoms with Crippen molar-refractivity contribution in [2.45, 2.75) is 66.2 Å². The number of aryl methyl sites for hydroxylation is 2. The fourth-order valence-corrected chi connectivity index (χ4v) is 4.74. The van der Waals surface area contributed by atoms with Crippen molar-refractivity contribution in [1.82, 2.24) is 0 Å². The van der Waals surface area contributed by atoms with E-state index in [2.05, 4.69) is 187 Å². The molecule has 0 amide bonds. The van der Waals surface area contributed by atoms with Crippen molar-refractivity contribution in [1.29, 1.82) is 0 Å². The van der Waals surface area contributed by atoms with E-state index in [0.29, 0.717) is 0 Å². The summed E-state index contributed by atoms with van der Waals surface area (Å²) in [5, 5.41) is 5.44. The molecular formula is C44H54SiV-6. The molecule has 0 aromatic heterocycles. The minimum atomic E-state index is 0. The monoisotopic (exact) mass is 661 g/mol. The van der Waals surface area contributed by atoms with Gasteiger partial charge in [-0.1, -0.05) is 124 Å². The summed E-state index contributed by atoms with van der Waals surface area (Å²) in [5.74, 6) is 0. The van der Waals surface area contributed by atoms with Crippen LogP contribution >= 0.6 is 0 Å². The van der Waals surface area contributed by atoms with Gasteiger partial charge in [0.05, 0.1) is 0 Å². The van der Waals surface area contributed by atoms with Gasteiger partial charge < -0.3 is 28.7 Å². The predicted molar refractivity (Wildman–Crippen MR) is 208 cm³/mol. The Labute approximate surface area is 294 Å². The van der Waals surface area contributed by atoms with Crippen LogP contribution in [-0.2, 0) is 29.1 Å². The zero-order valence-electron chi connectivity index (χ0n) is 29.2. The van der Waals surface area contributed by atoms with Crippen LogP contribution in [0.4, 0.5) is 0 Å². The molecule has 0 saturated heterocycles. The molecule has 0 atom stereocenters. The molecular weight excluding hydrogens is 608 g/mol. The van der Waals surface area contributed by atoms with Gasteiger partial charge in [-0.2, -0.15) is 25.0 Å². The van der Waals surface area contributed by atoms with Crippen molar-refractivity contribution < 1.29 is 16.3 Å². The molecule has 6 rings (SSSR count). The second-order valence-corrected chi connectivity index (χ2v) is 10.5. The number of hydrogen-bond donors (Lipinski definition) is 0. The second kappa shape index (κ2) is 25.0. The SMILES string of the molecule is CCc1cc2c(-c3ccccc3)cccc2[cH-]1.CCc1cc2c(-c3ccccc3)cccc2[cH-]1.[CH2-]CCC.[CH2-]CCC.[CH3-].[CH3-].[Si]=[V]. The van der Waals surface area contributed by atoms with E-state index in [-0.39, 0.29) is 14.9 Å². The van der Waals surface area contributed by atoms with Crippen LogP contribution < -0.4 is 0 Å². The van der Waals surface area contributed by atoms with Crippen LogP contribution in [0.2, 0.25) is 0 Å². The van der Waals surface area contributed by atoms with Crippen LogP contribution in [0.3, 0.4) is 0 Å². The first-order valence-electron chi connectivity index (χ1n) is 15.9. The van der Waals surface area contributed by atoms with E-state index in [0.717, 1.165) is 25.7 Å². The third-order valence-electron chi connectivity index (χ3n) is 7.31. The average Bonchev–Trinajstić information content (AvgIpc) is 3.74. The van der Waals surface area contributed by atoms with E-state index in [1.165, 1.54) is 67.8 Å². The van der Waals surface area contributed by atoms with Crippen LogP contribution in [-0.4, -0.2) is 8.15 Å². The summed E-state index contributed by atoms with van der Waals surface area (Å²) in [6.07, 6.45) is 6.76. The summed E-state index contributed by atoms with van der Waals surface area (Å²) in [6.45, 7) is 15.9. The standard InChI is InChI=1S/2C17H15.2C4H9.2CH3.Si.V/c2*1-2-13-11-15-9-6-10-16(17(15)12-13)14-7-4-3-5-8-14;2*1-3-4-2;;;;/h2*3-12H,2H2,1H3;2*1,3-4H2,2H3;2*1H3;;/q6*-1;;. The molecule has 0 saturated carbocycles. The van der Waals surface area contributed by atoms with Crippen molar-refractivity contribution in [3.05, 3.63) is 161 Å². The topological polar surface area (TPSA) is 0 Å². The zero-order chi connectivity index (χ0) is 32.2. The minimum absolute atomic E-state index is 0. The maximum atomic E-state index is 3.60. The first kappa shape index (κ1) is 42.9. The van der Waals surface area contributed by atoms with Gasteiger partial charge >= 0.3 is 24.4 Å². The van der Waals surface area contributed by atoms with Gasteiger partial charge in [0.15, 0.2) is 0 Å². The molecule has 46 heavy (non-hydrogen) atoms. The van der Waals surface area contributed by atoms with E-state index in [1.807, 2.05) is 0 Å². The van der Waals surface area contributed by atoms with E-state index in [9.17, 15) is 0 Å². The average molecular weight is 662 g/mol. The Hall–Kier alpha value is -3.10.